The van der Waals surface area contributed by atoms with Gasteiger partial charge in [-0.25, -0.2) is 0 Å². The normalized spacial score (nSPS) is 12.7. The molecule has 0 unspecified atom stereocenters. The predicted octanol–water partition coefficient (Wildman–Crippen LogP) is -0.169. The molecule has 0 amide bonds. The number of anilines is 1. The van der Waals surface area contributed by atoms with Crippen LogP contribution in [0.5, 0.6) is 0 Å². The minimum absolute atomic E-state index is 0.00915. The Labute approximate surface area is 88.6 Å². The summed E-state index contributed by atoms with van der Waals surface area (Å²) in [7, 11) is 1.66. The van der Waals surface area contributed by atoms with Gasteiger partial charge in [-0.15, -0.1) is 0 Å². The van der Waals surface area contributed by atoms with E-state index >= 15 is 0 Å². The van der Waals surface area contributed by atoms with Gasteiger partial charge in [-0.2, -0.15) is 0 Å². The number of nitrogens with two attached hydrogens (primary N) is 2. The van der Waals surface area contributed by atoms with Crippen LogP contribution in [-0.4, -0.2) is 17.2 Å². The number of ether oxygens (including phenoxy) is 1. The van der Waals surface area contributed by atoms with E-state index in [1.54, 1.807) is 19.3 Å². The summed E-state index contributed by atoms with van der Waals surface area (Å²) < 4.78 is 6.78. The molecule has 0 saturated carbocycles. The molecule has 0 saturated heterocycles. The first kappa shape index (κ1) is 11.7. The Morgan fingerprint density at radius 1 is 1.60 bits per heavy atom. The maximum absolute atomic E-state index is 11.3. The molecule has 1 heterocycles. The summed E-state index contributed by atoms with van der Waals surface area (Å²) in [6.45, 7) is 2.78. The average molecular weight is 211 g/mol. The van der Waals surface area contributed by atoms with Crippen LogP contribution >= 0.6 is 0 Å². The lowest BCUT2D eigenvalue weighted by molar-refractivity contribution is 0.111. The summed E-state index contributed by atoms with van der Waals surface area (Å²) >= 11 is 0. The fourth-order valence-corrected chi connectivity index (χ4v) is 1.25. The molecule has 4 N–H and O–H groups in total. The summed E-state index contributed by atoms with van der Waals surface area (Å²) in [6.07, 6.45) is 1.71. The van der Waals surface area contributed by atoms with Gasteiger partial charge in [0.2, 0.25) is 0 Å². The number of aryl methyl sites for hydroxylation is 1. The number of aromatic nitrogens is 1. The van der Waals surface area contributed by atoms with Crippen LogP contribution in [-0.2, 0) is 18.4 Å². The Balaban J connectivity index is 2.67. The molecular weight excluding hydrogens is 194 g/mol. The molecule has 0 bridgehead atoms. The lowest BCUT2D eigenvalue weighted by atomic mass is 10.2. The second-order valence-electron chi connectivity index (χ2n) is 3.71. The summed E-state index contributed by atoms with van der Waals surface area (Å²) in [4.78, 5) is 11.3. The van der Waals surface area contributed by atoms with Crippen molar-refractivity contribution in [3.63, 3.8) is 0 Å². The zero-order valence-corrected chi connectivity index (χ0v) is 9.06. The van der Waals surface area contributed by atoms with Gasteiger partial charge in [0.25, 0.3) is 5.56 Å². The van der Waals surface area contributed by atoms with E-state index in [0.29, 0.717) is 13.2 Å². The molecule has 0 radical (unpaired) electrons. The Morgan fingerprint density at radius 2 is 2.27 bits per heavy atom. The fourth-order valence-electron chi connectivity index (χ4n) is 1.25. The molecule has 5 heteroatoms. The van der Waals surface area contributed by atoms with Crippen molar-refractivity contribution in [2.24, 2.45) is 12.8 Å². The highest BCUT2D eigenvalue weighted by Gasteiger charge is 2.01. The Hall–Kier alpha value is -1.33. The Morgan fingerprint density at radius 3 is 2.80 bits per heavy atom. The van der Waals surface area contributed by atoms with Crippen molar-refractivity contribution < 1.29 is 4.74 Å². The lowest BCUT2D eigenvalue weighted by Crippen LogP contribution is -2.23. The van der Waals surface area contributed by atoms with E-state index in [0.717, 1.165) is 5.56 Å². The van der Waals surface area contributed by atoms with Crippen LogP contribution < -0.4 is 17.0 Å². The minimum atomic E-state index is -0.189. The van der Waals surface area contributed by atoms with Crippen molar-refractivity contribution in [1.29, 1.82) is 0 Å². The minimum Gasteiger partial charge on any atom is -0.394 e. The molecule has 15 heavy (non-hydrogen) atoms. The largest absolute Gasteiger partial charge is 0.394 e. The smallest absolute Gasteiger partial charge is 0.273 e. The van der Waals surface area contributed by atoms with Crippen molar-refractivity contribution in [2.75, 3.05) is 12.3 Å². The van der Waals surface area contributed by atoms with Gasteiger partial charge in [-0.3, -0.25) is 4.79 Å². The molecule has 0 fully saturated rings. The van der Waals surface area contributed by atoms with E-state index in [9.17, 15) is 4.79 Å². The second kappa shape index (κ2) is 4.95. The number of nitrogen functional groups attached to an aromatic ring is 1. The van der Waals surface area contributed by atoms with Crippen molar-refractivity contribution in [2.45, 2.75) is 19.6 Å². The van der Waals surface area contributed by atoms with Gasteiger partial charge in [0.05, 0.1) is 18.9 Å². The first-order valence-electron chi connectivity index (χ1n) is 4.79. The number of hydrogen-bond donors (Lipinski definition) is 2. The van der Waals surface area contributed by atoms with E-state index in [1.807, 2.05) is 6.92 Å². The third kappa shape index (κ3) is 3.38. The van der Waals surface area contributed by atoms with Crippen LogP contribution in [0, 0.1) is 0 Å². The van der Waals surface area contributed by atoms with Gasteiger partial charge in [0, 0.05) is 19.3 Å². The van der Waals surface area contributed by atoms with Crippen LogP contribution in [0.2, 0.25) is 0 Å². The SMILES string of the molecule is C[C@@H](N)COCc1cc(N)c(=O)n(C)c1. The number of pyridine rings is 1. The molecule has 0 spiro atoms. The zero-order chi connectivity index (χ0) is 11.4. The van der Waals surface area contributed by atoms with Crippen LogP contribution in [0.3, 0.4) is 0 Å². The number of rotatable bonds is 4. The average Bonchev–Trinajstić information content (AvgIpc) is 2.13. The topological polar surface area (TPSA) is 83.3 Å². The highest BCUT2D eigenvalue weighted by molar-refractivity contribution is 5.37. The molecular formula is C10H17N3O2. The maximum Gasteiger partial charge on any atom is 0.273 e. The van der Waals surface area contributed by atoms with Crippen molar-refractivity contribution in [3.8, 4) is 0 Å². The van der Waals surface area contributed by atoms with E-state index in [1.165, 1.54) is 4.57 Å². The third-order valence-electron chi connectivity index (χ3n) is 1.92. The molecule has 0 aromatic carbocycles. The van der Waals surface area contributed by atoms with Gasteiger partial charge >= 0.3 is 0 Å². The lowest BCUT2D eigenvalue weighted by Gasteiger charge is -2.08. The first-order valence-corrected chi connectivity index (χ1v) is 4.79. The number of hydrogen-bond acceptors (Lipinski definition) is 4. The van der Waals surface area contributed by atoms with Crippen LogP contribution in [0.25, 0.3) is 0 Å². The van der Waals surface area contributed by atoms with E-state index in [4.69, 9.17) is 16.2 Å². The van der Waals surface area contributed by atoms with Crippen LogP contribution in [0.4, 0.5) is 5.69 Å². The summed E-state index contributed by atoms with van der Waals surface area (Å²) in [5.74, 6) is 0. The molecule has 0 aliphatic rings. The highest BCUT2D eigenvalue weighted by atomic mass is 16.5. The first-order chi connectivity index (χ1) is 7.00. The summed E-state index contributed by atoms with van der Waals surface area (Å²) in [5, 5.41) is 0. The van der Waals surface area contributed by atoms with Crippen LogP contribution in [0.15, 0.2) is 17.1 Å². The molecule has 1 aromatic heterocycles. The quantitative estimate of drug-likeness (QED) is 0.724. The molecule has 0 aliphatic carbocycles. The van der Waals surface area contributed by atoms with Gasteiger partial charge < -0.3 is 20.8 Å². The maximum atomic E-state index is 11.3. The van der Waals surface area contributed by atoms with Gasteiger partial charge in [0.1, 0.15) is 0 Å². The second-order valence-corrected chi connectivity index (χ2v) is 3.71. The summed E-state index contributed by atoms with van der Waals surface area (Å²) in [5.41, 5.74) is 12.0. The molecule has 0 aliphatic heterocycles. The third-order valence-corrected chi connectivity index (χ3v) is 1.92. The molecule has 1 atom stereocenters. The van der Waals surface area contributed by atoms with Gasteiger partial charge in [0.15, 0.2) is 0 Å². The Bertz CT molecular complexity index is 358. The van der Waals surface area contributed by atoms with Gasteiger partial charge in [-0.05, 0) is 18.6 Å². The molecule has 5 nitrogen and oxygen atoms in total. The highest BCUT2D eigenvalue weighted by Crippen LogP contribution is 2.03. The van der Waals surface area contributed by atoms with E-state index in [-0.39, 0.29) is 17.3 Å². The zero-order valence-electron chi connectivity index (χ0n) is 9.06. The molecule has 84 valence electrons. The standard InChI is InChI=1S/C10H17N3O2/c1-7(11)5-15-6-8-3-9(12)10(14)13(2)4-8/h3-4,7H,5-6,11-12H2,1-2H3/t7-/m1/s1. The summed E-state index contributed by atoms with van der Waals surface area (Å²) in [6, 6.07) is 1.64. The van der Waals surface area contributed by atoms with Crippen molar-refractivity contribution in [3.05, 3.63) is 28.2 Å². The fraction of sp³-hybridized carbons (Fsp3) is 0.500. The molecule has 1 rings (SSSR count). The van der Waals surface area contributed by atoms with Crippen molar-refractivity contribution in [1.82, 2.24) is 4.57 Å². The molecule has 1 aromatic rings. The Kier molecular flexibility index (Phi) is 3.88. The predicted molar refractivity (Wildman–Crippen MR) is 59.4 cm³/mol. The van der Waals surface area contributed by atoms with Crippen molar-refractivity contribution >= 4 is 5.69 Å². The number of nitrogens with zero attached hydrogens (tertiary/aromatic N) is 1. The monoisotopic (exact) mass is 211 g/mol. The van der Waals surface area contributed by atoms with E-state index in [2.05, 4.69) is 0 Å². The van der Waals surface area contributed by atoms with E-state index < -0.39 is 0 Å². The van der Waals surface area contributed by atoms with Gasteiger partial charge in [-0.1, -0.05) is 0 Å². The van der Waals surface area contributed by atoms with Crippen LogP contribution in [0.1, 0.15) is 12.5 Å².